The van der Waals surface area contributed by atoms with Gasteiger partial charge in [0.15, 0.2) is 6.10 Å². The number of esters is 2. The van der Waals surface area contributed by atoms with Gasteiger partial charge in [-0.2, -0.15) is 0 Å². The Hall–Kier alpha value is -3.03. The molecule has 0 rings (SSSR count). The Bertz CT molecular complexity index is 1160. The van der Waals surface area contributed by atoms with Crippen LogP contribution in [0.2, 0.25) is 0 Å². The molecule has 0 aromatic rings. The summed E-state index contributed by atoms with van der Waals surface area (Å²) in [7, 11) is -4.78. The molecule has 0 aromatic carbocycles. The number of ether oxygens (including phenoxy) is 2. The highest BCUT2D eigenvalue weighted by Gasteiger charge is 2.22. The lowest BCUT2D eigenvalue weighted by atomic mass is 10.1. The number of allylic oxidation sites excluding steroid dienone is 16. The zero-order chi connectivity index (χ0) is 38.2. The van der Waals surface area contributed by atoms with Crippen molar-refractivity contribution in [2.24, 2.45) is 0 Å². The van der Waals surface area contributed by atoms with Crippen molar-refractivity contribution in [2.45, 2.75) is 148 Å². The fourth-order valence-corrected chi connectivity index (χ4v) is 5.07. The Labute approximate surface area is 315 Å². The van der Waals surface area contributed by atoms with Gasteiger partial charge in [-0.25, -0.2) is 4.57 Å². The monoisotopic (exact) mass is 744 g/mol. The molecule has 0 unspecified atom stereocenters. The lowest BCUT2D eigenvalue weighted by Crippen LogP contribution is -2.29. The number of unbranched alkanes of at least 4 members (excludes halogenated alkanes) is 8. The lowest BCUT2D eigenvalue weighted by Gasteiger charge is -2.18. The van der Waals surface area contributed by atoms with Crippen molar-refractivity contribution in [1.82, 2.24) is 0 Å². The summed E-state index contributed by atoms with van der Waals surface area (Å²) in [4.78, 5) is 42.7. The molecule has 0 radical (unpaired) electrons. The van der Waals surface area contributed by atoms with Crippen molar-refractivity contribution in [2.75, 3.05) is 13.2 Å². The summed E-state index contributed by atoms with van der Waals surface area (Å²) < 4.78 is 26.3. The summed E-state index contributed by atoms with van der Waals surface area (Å²) in [6.45, 7) is 3.45. The van der Waals surface area contributed by atoms with Gasteiger partial charge in [-0.15, -0.1) is 0 Å². The standard InChI is InChI=1S/C43H69O8P/c1-3-5-7-9-11-13-15-17-19-21-23-25-27-29-31-33-35-37-42(44)49-39-41(40-50-52(46,47)48)51-43(45)38-36-34-32-30-28-26-24-22-20-18-16-14-12-10-8-6-4-2/h5,7,11-14,17-20,23-26,29,31,41H,3-4,6,8-10,15-16,21-22,27-28,30,32-40H2,1-2H3,(H2,46,47,48)/b7-5-,13-11-,14-12-,19-17-,20-18-,25-23-,26-24-,31-29-/t41-/m1/s1. The van der Waals surface area contributed by atoms with E-state index in [4.69, 9.17) is 19.3 Å². The fourth-order valence-electron chi connectivity index (χ4n) is 4.71. The molecule has 52 heavy (non-hydrogen) atoms. The normalized spacial score (nSPS) is 13.5. The van der Waals surface area contributed by atoms with Gasteiger partial charge in [0.25, 0.3) is 0 Å². The molecule has 0 aliphatic heterocycles. The van der Waals surface area contributed by atoms with Crippen LogP contribution >= 0.6 is 7.82 Å². The van der Waals surface area contributed by atoms with E-state index in [0.29, 0.717) is 19.3 Å². The molecule has 0 aliphatic rings. The summed E-state index contributed by atoms with van der Waals surface area (Å²) in [6.07, 6.45) is 51.3. The van der Waals surface area contributed by atoms with Crippen molar-refractivity contribution < 1.29 is 37.9 Å². The summed E-state index contributed by atoms with van der Waals surface area (Å²) in [6, 6.07) is 0. The van der Waals surface area contributed by atoms with E-state index in [1.165, 1.54) is 25.7 Å². The van der Waals surface area contributed by atoms with Gasteiger partial charge in [0, 0.05) is 12.8 Å². The Kier molecular flexibility index (Phi) is 35.5. The van der Waals surface area contributed by atoms with Gasteiger partial charge in [0.05, 0.1) is 6.61 Å². The highest BCUT2D eigenvalue weighted by Crippen LogP contribution is 2.35. The molecule has 0 spiro atoms. The van der Waals surface area contributed by atoms with Gasteiger partial charge in [0.2, 0.25) is 0 Å². The van der Waals surface area contributed by atoms with Gasteiger partial charge in [-0.1, -0.05) is 137 Å². The van der Waals surface area contributed by atoms with Crippen LogP contribution in [-0.2, 0) is 28.2 Å². The Morgan fingerprint density at radius 2 is 0.942 bits per heavy atom. The van der Waals surface area contributed by atoms with E-state index in [0.717, 1.165) is 70.6 Å². The van der Waals surface area contributed by atoms with Crippen LogP contribution < -0.4 is 0 Å². The molecule has 0 fully saturated rings. The van der Waals surface area contributed by atoms with Gasteiger partial charge in [-0.05, 0) is 89.9 Å². The van der Waals surface area contributed by atoms with E-state index in [1.54, 1.807) is 0 Å². The largest absolute Gasteiger partial charge is 0.469 e. The molecule has 0 amide bonds. The van der Waals surface area contributed by atoms with E-state index >= 15 is 0 Å². The average Bonchev–Trinajstić information content (AvgIpc) is 3.11. The molecule has 294 valence electrons. The lowest BCUT2D eigenvalue weighted by molar-refractivity contribution is -0.161. The Morgan fingerprint density at radius 1 is 0.519 bits per heavy atom. The average molecular weight is 745 g/mol. The van der Waals surface area contributed by atoms with E-state index in [2.05, 4.69) is 110 Å². The second-order valence-electron chi connectivity index (χ2n) is 12.5. The topological polar surface area (TPSA) is 119 Å². The minimum absolute atomic E-state index is 0.168. The summed E-state index contributed by atoms with van der Waals surface area (Å²) in [5.74, 6) is -0.990. The SMILES string of the molecule is CC/C=C\C/C=C\C/C=C\C/C=C\C/C=C\CCCC(=O)OC[C@H](COP(=O)(O)O)OC(=O)CCCCCC/C=C\C/C=C\C/C=C\CCCCC. The first kappa shape index (κ1) is 49.0. The highest BCUT2D eigenvalue weighted by molar-refractivity contribution is 7.46. The predicted octanol–water partition coefficient (Wildman–Crippen LogP) is 11.8. The van der Waals surface area contributed by atoms with Crippen LogP contribution in [0.3, 0.4) is 0 Å². The summed E-state index contributed by atoms with van der Waals surface area (Å²) >= 11 is 0. The molecule has 0 aromatic heterocycles. The molecule has 9 heteroatoms. The van der Waals surface area contributed by atoms with Gasteiger partial charge >= 0.3 is 19.8 Å². The number of phosphoric acid groups is 1. The summed E-state index contributed by atoms with van der Waals surface area (Å²) in [5.41, 5.74) is 0. The van der Waals surface area contributed by atoms with Crippen molar-refractivity contribution in [3.63, 3.8) is 0 Å². The van der Waals surface area contributed by atoms with Crippen LogP contribution in [0.15, 0.2) is 97.2 Å². The number of phosphoric ester groups is 1. The molecular formula is C43H69O8P. The second kappa shape index (κ2) is 37.7. The zero-order valence-electron chi connectivity index (χ0n) is 32.2. The molecule has 0 aliphatic carbocycles. The minimum atomic E-state index is -4.78. The number of carbonyl (C=O) groups is 2. The third kappa shape index (κ3) is 39.8. The molecule has 0 bridgehead atoms. The van der Waals surface area contributed by atoms with Gasteiger partial charge < -0.3 is 19.3 Å². The third-order valence-corrected chi connectivity index (χ3v) is 8.07. The summed E-state index contributed by atoms with van der Waals surface area (Å²) in [5, 5.41) is 0. The van der Waals surface area contributed by atoms with E-state index < -0.39 is 32.5 Å². The van der Waals surface area contributed by atoms with E-state index in [-0.39, 0.29) is 19.4 Å². The quantitative estimate of drug-likeness (QED) is 0.0289. The molecule has 0 saturated carbocycles. The van der Waals surface area contributed by atoms with Crippen molar-refractivity contribution in [3.8, 4) is 0 Å². The smallest absolute Gasteiger partial charge is 0.462 e. The van der Waals surface area contributed by atoms with Crippen LogP contribution in [-0.4, -0.2) is 41.0 Å². The third-order valence-electron chi connectivity index (χ3n) is 7.59. The van der Waals surface area contributed by atoms with Crippen LogP contribution in [0.25, 0.3) is 0 Å². The maximum Gasteiger partial charge on any atom is 0.469 e. The molecular weight excluding hydrogens is 675 g/mol. The molecule has 8 nitrogen and oxygen atoms in total. The number of hydrogen-bond acceptors (Lipinski definition) is 6. The van der Waals surface area contributed by atoms with Crippen LogP contribution in [0, 0.1) is 0 Å². The Balaban J connectivity index is 4.13. The van der Waals surface area contributed by atoms with Crippen LogP contribution in [0.1, 0.15) is 142 Å². The van der Waals surface area contributed by atoms with Crippen LogP contribution in [0.4, 0.5) is 0 Å². The van der Waals surface area contributed by atoms with Crippen molar-refractivity contribution >= 4 is 19.8 Å². The first-order chi connectivity index (χ1) is 25.3. The highest BCUT2D eigenvalue weighted by atomic mass is 31.2. The van der Waals surface area contributed by atoms with E-state index in [9.17, 15) is 14.2 Å². The van der Waals surface area contributed by atoms with Crippen molar-refractivity contribution in [3.05, 3.63) is 97.2 Å². The molecule has 2 N–H and O–H groups in total. The van der Waals surface area contributed by atoms with Gasteiger partial charge in [0.1, 0.15) is 6.61 Å². The van der Waals surface area contributed by atoms with Gasteiger partial charge in [-0.3, -0.25) is 14.1 Å². The predicted molar refractivity (Wildman–Crippen MR) is 216 cm³/mol. The molecule has 0 saturated heterocycles. The Morgan fingerprint density at radius 3 is 1.42 bits per heavy atom. The molecule has 0 heterocycles. The number of hydrogen-bond donors (Lipinski definition) is 2. The fraction of sp³-hybridized carbons (Fsp3) is 0.581. The van der Waals surface area contributed by atoms with E-state index in [1.807, 2.05) is 6.08 Å². The van der Waals surface area contributed by atoms with Crippen LogP contribution in [0.5, 0.6) is 0 Å². The number of carbonyl (C=O) groups excluding carboxylic acids is 2. The maximum atomic E-state index is 12.4. The van der Waals surface area contributed by atoms with Crippen molar-refractivity contribution in [1.29, 1.82) is 0 Å². The first-order valence-corrected chi connectivity index (χ1v) is 21.1. The number of rotatable bonds is 34. The minimum Gasteiger partial charge on any atom is -0.462 e. The maximum absolute atomic E-state index is 12.4. The second-order valence-corrected chi connectivity index (χ2v) is 13.8. The zero-order valence-corrected chi connectivity index (χ0v) is 33.1. The molecule has 1 atom stereocenters. The first-order valence-electron chi connectivity index (χ1n) is 19.5.